The van der Waals surface area contributed by atoms with Gasteiger partial charge >= 0.3 is 5.97 Å². The number of amides is 2. The minimum Gasteiger partial charge on any atom is -0.464 e. The van der Waals surface area contributed by atoms with Crippen molar-refractivity contribution in [3.8, 4) is 0 Å². The Morgan fingerprint density at radius 2 is 1.65 bits per heavy atom. The average Bonchev–Trinajstić information content (AvgIpc) is 3.65. The average molecular weight is 461 g/mol. The quantitative estimate of drug-likeness (QED) is 0.378. The number of ether oxygens (including phenoxy) is 2. The van der Waals surface area contributed by atoms with Gasteiger partial charge in [-0.05, 0) is 41.8 Å². The third-order valence-corrected chi connectivity index (χ3v) is 5.74. The van der Waals surface area contributed by atoms with E-state index in [0.29, 0.717) is 13.0 Å². The van der Waals surface area contributed by atoms with E-state index in [1.807, 2.05) is 73.7 Å². The van der Waals surface area contributed by atoms with E-state index >= 15 is 0 Å². The fourth-order valence-corrected chi connectivity index (χ4v) is 3.80. The summed E-state index contributed by atoms with van der Waals surface area (Å²) >= 11 is 0. The number of hydrogen-bond donors (Lipinski definition) is 2. The molecule has 1 aliphatic rings. The second kappa shape index (κ2) is 10.5. The van der Waals surface area contributed by atoms with E-state index in [1.165, 1.54) is 0 Å². The van der Waals surface area contributed by atoms with Gasteiger partial charge in [-0.25, -0.2) is 4.79 Å². The number of nitrogens with one attached hydrogen (secondary N) is 2. The molecule has 176 valence electrons. The molecule has 1 heterocycles. The number of rotatable bonds is 9. The van der Waals surface area contributed by atoms with E-state index in [9.17, 15) is 14.4 Å². The Morgan fingerprint density at radius 1 is 0.941 bits per heavy atom. The third kappa shape index (κ3) is 5.80. The number of fused-ring (bicyclic) bond motifs is 1. The molecule has 1 fully saturated rings. The molecule has 0 aromatic heterocycles. The lowest BCUT2D eigenvalue weighted by Crippen LogP contribution is -2.49. The van der Waals surface area contributed by atoms with Gasteiger partial charge in [0.2, 0.25) is 5.91 Å². The normalized spacial score (nSPS) is 17.6. The van der Waals surface area contributed by atoms with Crippen molar-refractivity contribution in [1.82, 2.24) is 10.6 Å². The molecular formula is C27H28N2O5. The van der Waals surface area contributed by atoms with Gasteiger partial charge in [0.05, 0.1) is 6.61 Å². The maximum absolute atomic E-state index is 13.1. The number of epoxide rings is 1. The Labute approximate surface area is 198 Å². The molecule has 0 bridgehead atoms. The predicted octanol–water partition coefficient (Wildman–Crippen LogP) is 2.82. The number of esters is 1. The first-order valence-electron chi connectivity index (χ1n) is 11.4. The van der Waals surface area contributed by atoms with Crippen LogP contribution in [-0.4, -0.2) is 42.6 Å². The number of benzene rings is 3. The van der Waals surface area contributed by atoms with Gasteiger partial charge < -0.3 is 20.1 Å². The highest BCUT2D eigenvalue weighted by Crippen LogP contribution is 2.24. The van der Waals surface area contributed by atoms with Gasteiger partial charge in [0, 0.05) is 13.0 Å². The van der Waals surface area contributed by atoms with Gasteiger partial charge in [0.1, 0.15) is 6.04 Å². The zero-order chi connectivity index (χ0) is 24.1. The molecule has 2 amide bonds. The van der Waals surface area contributed by atoms with Crippen LogP contribution in [0.25, 0.3) is 10.8 Å². The Balaban J connectivity index is 1.42. The minimum atomic E-state index is -0.937. The van der Waals surface area contributed by atoms with E-state index in [2.05, 4.69) is 10.6 Å². The van der Waals surface area contributed by atoms with Crippen molar-refractivity contribution >= 4 is 28.6 Å². The van der Waals surface area contributed by atoms with Gasteiger partial charge in [0.25, 0.3) is 5.91 Å². The first kappa shape index (κ1) is 23.4. The monoisotopic (exact) mass is 460 g/mol. The van der Waals surface area contributed by atoms with Crippen LogP contribution in [0.4, 0.5) is 0 Å². The Bertz CT molecular complexity index is 1190. The highest BCUT2D eigenvalue weighted by atomic mass is 16.6. The van der Waals surface area contributed by atoms with Gasteiger partial charge in [-0.3, -0.25) is 9.59 Å². The fraction of sp³-hybridized carbons (Fsp3) is 0.296. The topological polar surface area (TPSA) is 97.0 Å². The largest absolute Gasteiger partial charge is 0.464 e. The van der Waals surface area contributed by atoms with Crippen molar-refractivity contribution in [3.05, 3.63) is 83.4 Å². The summed E-state index contributed by atoms with van der Waals surface area (Å²) in [4.78, 5) is 37.6. The summed E-state index contributed by atoms with van der Waals surface area (Å²) in [6.45, 7) is 4.21. The molecular weight excluding hydrogens is 432 g/mol. The fourth-order valence-electron chi connectivity index (χ4n) is 3.80. The number of hydrogen-bond acceptors (Lipinski definition) is 5. The summed E-state index contributed by atoms with van der Waals surface area (Å²) in [5.41, 5.74) is 2.98. The van der Waals surface area contributed by atoms with Crippen LogP contribution in [-0.2, 0) is 36.8 Å². The van der Waals surface area contributed by atoms with E-state index in [0.717, 1.165) is 27.5 Å². The molecule has 2 N–H and O–H groups in total. The molecule has 7 heteroatoms. The van der Waals surface area contributed by atoms with Crippen LogP contribution in [0, 0.1) is 6.92 Å². The minimum absolute atomic E-state index is 0.209. The molecule has 1 aliphatic heterocycles. The van der Waals surface area contributed by atoms with Gasteiger partial charge in [-0.2, -0.15) is 0 Å². The smallest absolute Gasteiger partial charge is 0.338 e. The molecule has 34 heavy (non-hydrogen) atoms. The standard InChI is InChI=1S/C27H28N2O5/c1-3-33-27(32)24-23(34-24)26(31)29-22(15-18-10-8-17(2)9-11-18)25(30)28-16-19-12-13-20-6-4-5-7-21(20)14-19/h4-14,22-24H,3,15-16H2,1-2H3,(H,28,30)(H,29,31)/t22-,23?,24?/m0/s1. The van der Waals surface area contributed by atoms with Crippen molar-refractivity contribution in [2.75, 3.05) is 6.61 Å². The molecule has 0 aliphatic carbocycles. The molecule has 2 unspecified atom stereocenters. The lowest BCUT2D eigenvalue weighted by atomic mass is 10.0. The van der Waals surface area contributed by atoms with Crippen molar-refractivity contribution < 1.29 is 23.9 Å². The van der Waals surface area contributed by atoms with Crippen LogP contribution < -0.4 is 10.6 Å². The number of carbonyl (C=O) groups is 3. The van der Waals surface area contributed by atoms with Gasteiger partial charge in [0.15, 0.2) is 12.2 Å². The Morgan fingerprint density at radius 3 is 2.38 bits per heavy atom. The molecule has 3 aromatic carbocycles. The number of aryl methyl sites for hydroxylation is 1. The summed E-state index contributed by atoms with van der Waals surface area (Å²) in [5, 5.41) is 7.90. The van der Waals surface area contributed by atoms with E-state index in [1.54, 1.807) is 6.92 Å². The van der Waals surface area contributed by atoms with E-state index in [4.69, 9.17) is 9.47 Å². The van der Waals surface area contributed by atoms with Crippen molar-refractivity contribution in [1.29, 1.82) is 0 Å². The van der Waals surface area contributed by atoms with Crippen molar-refractivity contribution in [2.45, 2.75) is 45.1 Å². The summed E-state index contributed by atoms with van der Waals surface area (Å²) in [7, 11) is 0. The zero-order valence-corrected chi connectivity index (χ0v) is 19.2. The van der Waals surface area contributed by atoms with Crippen LogP contribution in [0.15, 0.2) is 66.7 Å². The molecule has 0 radical (unpaired) electrons. The van der Waals surface area contributed by atoms with Gasteiger partial charge in [-0.15, -0.1) is 0 Å². The molecule has 7 nitrogen and oxygen atoms in total. The molecule has 0 spiro atoms. The lowest BCUT2D eigenvalue weighted by molar-refractivity contribution is -0.144. The van der Waals surface area contributed by atoms with E-state index in [-0.39, 0.29) is 12.5 Å². The third-order valence-electron chi connectivity index (χ3n) is 5.74. The summed E-state index contributed by atoms with van der Waals surface area (Å²) < 4.78 is 10.1. The predicted molar refractivity (Wildman–Crippen MR) is 128 cm³/mol. The Kier molecular flexibility index (Phi) is 7.23. The lowest BCUT2D eigenvalue weighted by Gasteiger charge is -2.18. The molecule has 3 atom stereocenters. The molecule has 4 rings (SSSR count). The maximum atomic E-state index is 13.1. The zero-order valence-electron chi connectivity index (χ0n) is 19.2. The van der Waals surface area contributed by atoms with Crippen LogP contribution in [0.5, 0.6) is 0 Å². The molecule has 1 saturated heterocycles. The van der Waals surface area contributed by atoms with Crippen molar-refractivity contribution in [2.24, 2.45) is 0 Å². The summed E-state index contributed by atoms with van der Waals surface area (Å²) in [6.07, 6.45) is -1.54. The first-order chi connectivity index (χ1) is 16.4. The van der Waals surface area contributed by atoms with Crippen LogP contribution in [0.1, 0.15) is 23.6 Å². The van der Waals surface area contributed by atoms with Crippen LogP contribution in [0.2, 0.25) is 0 Å². The molecule has 0 saturated carbocycles. The SMILES string of the molecule is CCOC(=O)C1OC1C(=O)N[C@@H](Cc1ccc(C)cc1)C(=O)NCc1ccc2ccccc2c1. The highest BCUT2D eigenvalue weighted by Gasteiger charge is 2.52. The highest BCUT2D eigenvalue weighted by molar-refractivity contribution is 5.95. The van der Waals surface area contributed by atoms with Crippen LogP contribution in [0.3, 0.4) is 0 Å². The second-order valence-corrected chi connectivity index (χ2v) is 8.38. The van der Waals surface area contributed by atoms with Crippen molar-refractivity contribution in [3.63, 3.8) is 0 Å². The first-order valence-corrected chi connectivity index (χ1v) is 11.4. The molecule has 3 aromatic rings. The number of carbonyl (C=O) groups excluding carboxylic acids is 3. The van der Waals surface area contributed by atoms with Gasteiger partial charge in [-0.1, -0.05) is 66.2 Å². The maximum Gasteiger partial charge on any atom is 0.338 e. The van der Waals surface area contributed by atoms with Crippen LogP contribution >= 0.6 is 0 Å². The van der Waals surface area contributed by atoms with E-state index < -0.39 is 30.1 Å². The summed E-state index contributed by atoms with van der Waals surface area (Å²) in [6, 6.07) is 21.0. The Hall–Kier alpha value is -3.71. The second-order valence-electron chi connectivity index (χ2n) is 8.38. The summed E-state index contributed by atoms with van der Waals surface area (Å²) in [5.74, 6) is -1.38.